The normalized spacial score (nSPS) is 29.4. The van der Waals surface area contributed by atoms with Crippen molar-refractivity contribution in [2.24, 2.45) is 11.8 Å². The maximum atomic E-state index is 14.0. The van der Waals surface area contributed by atoms with Crippen molar-refractivity contribution in [2.75, 3.05) is 16.8 Å². The molecule has 0 aromatic heterocycles. The molecule has 8 heteroatoms. The van der Waals surface area contributed by atoms with Crippen LogP contribution in [0.15, 0.2) is 36.4 Å². The van der Waals surface area contributed by atoms with Crippen LogP contribution in [0.2, 0.25) is 0 Å². The summed E-state index contributed by atoms with van der Waals surface area (Å²) in [5, 5.41) is 3.06. The highest BCUT2D eigenvalue weighted by Crippen LogP contribution is 2.61. The maximum absolute atomic E-state index is 14.0. The molecule has 1 N–H and O–H groups in total. The highest BCUT2D eigenvalue weighted by atomic mass is 16.5. The molecule has 1 spiro atoms. The van der Waals surface area contributed by atoms with Gasteiger partial charge in [-0.2, -0.15) is 0 Å². The van der Waals surface area contributed by atoms with E-state index in [9.17, 15) is 19.2 Å². The number of carbonyl (C=O) groups is 4. The molecule has 4 atom stereocenters. The Kier molecular flexibility index (Phi) is 4.33. The Hall–Kier alpha value is -3.52. The molecule has 0 aliphatic carbocycles. The van der Waals surface area contributed by atoms with Crippen LogP contribution >= 0.6 is 0 Å². The van der Waals surface area contributed by atoms with Gasteiger partial charge in [-0.15, -0.1) is 0 Å². The summed E-state index contributed by atoms with van der Waals surface area (Å²) in [6.07, 6.45) is 1.65. The Morgan fingerprint density at radius 2 is 1.82 bits per heavy atom. The quantitative estimate of drug-likeness (QED) is 0.422. The van der Waals surface area contributed by atoms with Crippen molar-refractivity contribution in [3.8, 4) is 5.75 Å². The van der Waals surface area contributed by atoms with E-state index in [-0.39, 0.29) is 23.8 Å². The number of hydrogen-bond donors (Lipinski definition) is 1. The Labute approximate surface area is 196 Å². The van der Waals surface area contributed by atoms with Crippen LogP contribution in [-0.4, -0.2) is 41.2 Å². The van der Waals surface area contributed by atoms with E-state index >= 15 is 0 Å². The van der Waals surface area contributed by atoms with E-state index in [1.54, 1.807) is 24.3 Å². The Balaban J connectivity index is 1.48. The number of nitrogens with one attached hydrogen (secondary N) is 1. The van der Waals surface area contributed by atoms with Crippen LogP contribution in [0.3, 0.4) is 0 Å². The van der Waals surface area contributed by atoms with Crippen molar-refractivity contribution < 1.29 is 23.9 Å². The molecule has 3 amide bonds. The molecule has 34 heavy (non-hydrogen) atoms. The number of rotatable bonds is 2. The van der Waals surface area contributed by atoms with Gasteiger partial charge >= 0.3 is 5.97 Å². The van der Waals surface area contributed by atoms with Crippen LogP contribution in [-0.2, 0) is 24.7 Å². The predicted octanol–water partition coefficient (Wildman–Crippen LogP) is 2.66. The largest absolute Gasteiger partial charge is 0.427 e. The van der Waals surface area contributed by atoms with E-state index in [0.717, 1.165) is 35.2 Å². The summed E-state index contributed by atoms with van der Waals surface area (Å²) in [6, 6.07) is 10.2. The molecule has 4 heterocycles. The number of imide groups is 1. The van der Waals surface area contributed by atoms with Gasteiger partial charge < -0.3 is 10.1 Å². The van der Waals surface area contributed by atoms with Gasteiger partial charge in [-0.3, -0.25) is 24.1 Å². The molecule has 3 saturated heterocycles. The summed E-state index contributed by atoms with van der Waals surface area (Å²) >= 11 is 0. The zero-order valence-corrected chi connectivity index (χ0v) is 19.3. The Bertz CT molecular complexity index is 1290. The first kappa shape index (κ1) is 21.0. The number of aryl methyl sites for hydroxylation is 2. The number of esters is 1. The zero-order valence-electron chi connectivity index (χ0n) is 19.3. The fourth-order valence-corrected chi connectivity index (χ4v) is 6.74. The summed E-state index contributed by atoms with van der Waals surface area (Å²) in [6.45, 7) is 5.92. The zero-order chi connectivity index (χ0) is 23.9. The van der Waals surface area contributed by atoms with E-state index in [4.69, 9.17) is 4.74 Å². The van der Waals surface area contributed by atoms with Gasteiger partial charge in [-0.05, 0) is 63.1 Å². The van der Waals surface area contributed by atoms with E-state index in [0.29, 0.717) is 18.0 Å². The lowest BCUT2D eigenvalue weighted by molar-refractivity contribution is -0.135. The first-order chi connectivity index (χ1) is 16.2. The van der Waals surface area contributed by atoms with Gasteiger partial charge in [0.25, 0.3) is 0 Å². The van der Waals surface area contributed by atoms with Crippen LogP contribution in [0.25, 0.3) is 0 Å². The van der Waals surface area contributed by atoms with Gasteiger partial charge in [0.2, 0.25) is 17.7 Å². The molecule has 8 nitrogen and oxygen atoms in total. The second-order valence-electron chi connectivity index (χ2n) is 9.73. The van der Waals surface area contributed by atoms with Crippen LogP contribution in [0.4, 0.5) is 11.4 Å². The third-order valence-corrected chi connectivity index (χ3v) is 7.80. The van der Waals surface area contributed by atoms with E-state index in [1.807, 2.05) is 26.0 Å². The van der Waals surface area contributed by atoms with Gasteiger partial charge in [0.05, 0.1) is 17.5 Å². The number of hydrogen-bond acceptors (Lipinski definition) is 6. The van der Waals surface area contributed by atoms with Gasteiger partial charge in [0, 0.05) is 24.2 Å². The van der Waals surface area contributed by atoms with E-state index in [2.05, 4.69) is 10.2 Å². The fraction of sp³-hybridized carbons (Fsp3) is 0.385. The summed E-state index contributed by atoms with van der Waals surface area (Å²) in [7, 11) is 0. The van der Waals surface area contributed by atoms with Gasteiger partial charge in [0.1, 0.15) is 11.3 Å². The number of ether oxygens (including phenoxy) is 1. The van der Waals surface area contributed by atoms with Crippen LogP contribution < -0.4 is 15.0 Å². The lowest BCUT2D eigenvalue weighted by Crippen LogP contribution is -2.54. The van der Waals surface area contributed by atoms with Gasteiger partial charge in [-0.25, -0.2) is 4.90 Å². The number of benzene rings is 2. The van der Waals surface area contributed by atoms with Crippen molar-refractivity contribution in [1.82, 2.24) is 4.90 Å². The molecule has 4 aliphatic heterocycles. The van der Waals surface area contributed by atoms with Crippen molar-refractivity contribution in [3.05, 3.63) is 53.1 Å². The highest BCUT2D eigenvalue weighted by Gasteiger charge is 2.74. The SMILES string of the molecule is CC(=O)Oc1ccc(N2C(=O)C3C4CCCN4C4(C(=O)Nc5c(C)cc(C)cc54)C3C2=O)cc1. The topological polar surface area (TPSA) is 96.0 Å². The average Bonchev–Trinajstić information content (AvgIpc) is 3.48. The van der Waals surface area contributed by atoms with Gasteiger partial charge in [-0.1, -0.05) is 17.7 Å². The molecule has 0 bridgehead atoms. The second kappa shape index (κ2) is 6.99. The molecule has 3 fully saturated rings. The minimum Gasteiger partial charge on any atom is -0.427 e. The Morgan fingerprint density at radius 1 is 1.09 bits per heavy atom. The smallest absolute Gasteiger partial charge is 0.308 e. The minimum atomic E-state index is -1.18. The number of carbonyl (C=O) groups excluding carboxylic acids is 4. The number of nitrogens with zero attached hydrogens (tertiary/aromatic N) is 2. The first-order valence-corrected chi connectivity index (χ1v) is 11.6. The van der Waals surface area contributed by atoms with Crippen molar-refractivity contribution in [1.29, 1.82) is 0 Å². The van der Waals surface area contributed by atoms with Crippen molar-refractivity contribution in [2.45, 2.75) is 45.2 Å². The van der Waals surface area contributed by atoms with Crippen LogP contribution in [0, 0.1) is 25.7 Å². The van der Waals surface area contributed by atoms with E-state index in [1.165, 1.54) is 11.8 Å². The third kappa shape index (κ3) is 2.51. The molecule has 2 aromatic carbocycles. The first-order valence-electron chi connectivity index (χ1n) is 11.6. The highest BCUT2D eigenvalue weighted by molar-refractivity contribution is 6.26. The lowest BCUT2D eigenvalue weighted by Gasteiger charge is -2.36. The van der Waals surface area contributed by atoms with Crippen LogP contribution in [0.1, 0.15) is 36.5 Å². The molecule has 174 valence electrons. The van der Waals surface area contributed by atoms with Crippen LogP contribution in [0.5, 0.6) is 5.75 Å². The third-order valence-electron chi connectivity index (χ3n) is 7.80. The molecule has 6 rings (SSSR count). The average molecular weight is 460 g/mol. The number of anilines is 2. The predicted molar refractivity (Wildman–Crippen MR) is 123 cm³/mol. The molecular formula is C26H25N3O5. The standard InChI is InChI=1S/C26H25N3O5/c1-13-11-14(2)22-18(12-13)26(25(33)27-22)21-20(19-5-4-10-28(19)26)23(31)29(24(21)32)16-6-8-17(9-7-16)34-15(3)30/h6-9,11-12,19-21H,4-5,10H2,1-3H3,(H,27,33). The summed E-state index contributed by atoms with van der Waals surface area (Å²) in [5.41, 5.74) is 2.76. The van der Waals surface area contributed by atoms with Crippen molar-refractivity contribution in [3.63, 3.8) is 0 Å². The molecule has 4 aliphatic rings. The fourth-order valence-electron chi connectivity index (χ4n) is 6.74. The molecule has 2 aromatic rings. The second-order valence-corrected chi connectivity index (χ2v) is 9.73. The maximum Gasteiger partial charge on any atom is 0.308 e. The summed E-state index contributed by atoms with van der Waals surface area (Å²) < 4.78 is 5.08. The monoisotopic (exact) mass is 459 g/mol. The summed E-state index contributed by atoms with van der Waals surface area (Å²) in [5.74, 6) is -2.33. The molecule has 4 unspecified atom stereocenters. The molecular weight excluding hydrogens is 434 g/mol. The molecule has 0 radical (unpaired) electrons. The van der Waals surface area contributed by atoms with Gasteiger partial charge in [0.15, 0.2) is 0 Å². The number of amides is 3. The van der Waals surface area contributed by atoms with Crippen molar-refractivity contribution >= 4 is 35.1 Å². The summed E-state index contributed by atoms with van der Waals surface area (Å²) in [4.78, 5) is 56.1. The Morgan fingerprint density at radius 3 is 2.53 bits per heavy atom. The number of fused-ring (bicyclic) bond motifs is 7. The molecule has 0 saturated carbocycles. The minimum absolute atomic E-state index is 0.163. The van der Waals surface area contributed by atoms with E-state index < -0.39 is 23.3 Å². The lowest BCUT2D eigenvalue weighted by atomic mass is 9.75.